The zero-order chi connectivity index (χ0) is 23.0. The highest BCUT2D eigenvalue weighted by Crippen LogP contribution is 2.22. The lowest BCUT2D eigenvalue weighted by atomic mass is 10.2. The van der Waals surface area contributed by atoms with E-state index in [-0.39, 0.29) is 38.7 Å². The van der Waals surface area contributed by atoms with Crippen molar-refractivity contribution >= 4 is 24.1 Å². The number of benzene rings is 1. The smallest absolute Gasteiger partial charge is 0.419 e. The number of imide groups is 1. The van der Waals surface area contributed by atoms with Crippen LogP contribution in [0.1, 0.15) is 46.1 Å². The molecule has 0 spiro atoms. The van der Waals surface area contributed by atoms with E-state index in [4.69, 9.17) is 14.2 Å². The molecular weight excluding hydrogens is 404 g/mol. The van der Waals surface area contributed by atoms with E-state index < -0.39 is 29.7 Å². The zero-order valence-corrected chi connectivity index (χ0v) is 18.5. The second kappa shape index (κ2) is 10.8. The molecule has 31 heavy (non-hydrogen) atoms. The van der Waals surface area contributed by atoms with Crippen molar-refractivity contribution in [3.05, 3.63) is 35.9 Å². The second-order valence-electron chi connectivity index (χ2n) is 8.10. The molecule has 3 amide bonds. The van der Waals surface area contributed by atoms with Crippen molar-refractivity contribution in [2.24, 2.45) is 0 Å². The predicted octanol–water partition coefficient (Wildman–Crippen LogP) is 3.11. The Bertz CT molecular complexity index is 789. The molecule has 0 saturated carbocycles. The molecule has 0 bridgehead atoms. The van der Waals surface area contributed by atoms with Gasteiger partial charge in [0, 0.05) is 13.0 Å². The summed E-state index contributed by atoms with van der Waals surface area (Å²) in [5.74, 6) is -1.05. The van der Waals surface area contributed by atoms with Gasteiger partial charge in [0.25, 0.3) is 0 Å². The normalized spacial score (nSPS) is 16.3. The van der Waals surface area contributed by atoms with E-state index in [0.717, 1.165) is 10.5 Å². The van der Waals surface area contributed by atoms with E-state index in [1.54, 1.807) is 52.0 Å². The van der Waals surface area contributed by atoms with Crippen LogP contribution in [0.5, 0.6) is 0 Å². The van der Waals surface area contributed by atoms with Gasteiger partial charge < -0.3 is 19.1 Å². The van der Waals surface area contributed by atoms with E-state index in [9.17, 15) is 19.2 Å². The predicted molar refractivity (Wildman–Crippen MR) is 111 cm³/mol. The Morgan fingerprint density at radius 1 is 1.10 bits per heavy atom. The van der Waals surface area contributed by atoms with Crippen LogP contribution in [0.25, 0.3) is 0 Å². The highest BCUT2D eigenvalue weighted by atomic mass is 16.6. The highest BCUT2D eigenvalue weighted by Gasteiger charge is 2.47. The van der Waals surface area contributed by atoms with Gasteiger partial charge in [-0.25, -0.2) is 19.3 Å². The Morgan fingerprint density at radius 3 is 2.39 bits per heavy atom. The number of amides is 3. The van der Waals surface area contributed by atoms with E-state index in [2.05, 4.69) is 0 Å². The second-order valence-corrected chi connectivity index (χ2v) is 8.10. The zero-order valence-electron chi connectivity index (χ0n) is 18.5. The minimum absolute atomic E-state index is 0.0307. The summed E-state index contributed by atoms with van der Waals surface area (Å²) in [5.41, 5.74) is -0.0283. The molecular formula is C22H30N2O7. The van der Waals surface area contributed by atoms with Crippen LogP contribution in [0.15, 0.2) is 30.3 Å². The van der Waals surface area contributed by atoms with Gasteiger partial charge in [-0.2, -0.15) is 0 Å². The molecule has 9 nitrogen and oxygen atoms in total. The molecule has 0 N–H and O–H groups in total. The Hall–Kier alpha value is -3.10. The standard InChI is InChI=1S/C22H30N2O7/c1-5-29-18(25)12-9-13-23-14-17(19(26)31-22(2,3)4)24(20(23)27)21(28)30-15-16-10-7-6-8-11-16/h6-8,10-11,17H,5,9,12-15H2,1-4H3/t17-/m0/s1. The third-order valence-electron chi connectivity index (χ3n) is 4.38. The van der Waals surface area contributed by atoms with Crippen molar-refractivity contribution in [3.63, 3.8) is 0 Å². The maximum Gasteiger partial charge on any atom is 0.419 e. The molecule has 1 heterocycles. The first-order chi connectivity index (χ1) is 14.6. The van der Waals surface area contributed by atoms with Crippen LogP contribution >= 0.6 is 0 Å². The molecule has 9 heteroatoms. The monoisotopic (exact) mass is 434 g/mol. The summed E-state index contributed by atoms with van der Waals surface area (Å²) in [6.07, 6.45) is -0.441. The van der Waals surface area contributed by atoms with Gasteiger partial charge in [-0.05, 0) is 39.7 Å². The molecule has 0 aromatic heterocycles. The molecule has 0 aliphatic carbocycles. The van der Waals surface area contributed by atoms with Gasteiger partial charge in [-0.3, -0.25) is 4.79 Å². The molecule has 0 unspecified atom stereocenters. The number of ether oxygens (including phenoxy) is 3. The largest absolute Gasteiger partial charge is 0.466 e. The number of rotatable bonds is 8. The van der Waals surface area contributed by atoms with Gasteiger partial charge in [-0.1, -0.05) is 30.3 Å². The molecule has 1 aromatic carbocycles. The first-order valence-corrected chi connectivity index (χ1v) is 10.3. The SMILES string of the molecule is CCOC(=O)CCCN1C[C@@H](C(=O)OC(C)(C)C)N(C(=O)OCc2ccccc2)C1=O. The van der Waals surface area contributed by atoms with Gasteiger partial charge in [0.2, 0.25) is 0 Å². The Labute approximate surface area is 182 Å². The molecule has 1 aromatic rings. The summed E-state index contributed by atoms with van der Waals surface area (Å²) >= 11 is 0. The lowest BCUT2D eigenvalue weighted by Crippen LogP contribution is -2.46. The number of hydrogen-bond acceptors (Lipinski definition) is 7. The average molecular weight is 434 g/mol. The minimum Gasteiger partial charge on any atom is -0.466 e. The molecule has 1 atom stereocenters. The summed E-state index contributed by atoms with van der Waals surface area (Å²) in [6, 6.07) is 7.23. The number of nitrogens with zero attached hydrogens (tertiary/aromatic N) is 2. The van der Waals surface area contributed by atoms with Gasteiger partial charge >= 0.3 is 24.1 Å². The molecule has 1 saturated heterocycles. The molecule has 1 aliphatic heterocycles. The van der Waals surface area contributed by atoms with Crippen LogP contribution in [-0.4, -0.2) is 65.2 Å². The maximum atomic E-state index is 12.9. The number of urea groups is 1. The summed E-state index contributed by atoms with van der Waals surface area (Å²) < 4.78 is 15.5. The summed E-state index contributed by atoms with van der Waals surface area (Å²) in [7, 11) is 0. The van der Waals surface area contributed by atoms with Crippen molar-refractivity contribution in [1.82, 2.24) is 9.80 Å². The quantitative estimate of drug-likeness (QED) is 0.457. The topological polar surface area (TPSA) is 102 Å². The van der Waals surface area contributed by atoms with Crippen LogP contribution in [0.2, 0.25) is 0 Å². The van der Waals surface area contributed by atoms with Crippen LogP contribution in [-0.2, 0) is 30.4 Å². The maximum absolute atomic E-state index is 12.9. The van der Waals surface area contributed by atoms with Gasteiger partial charge in [-0.15, -0.1) is 0 Å². The van der Waals surface area contributed by atoms with Crippen molar-refractivity contribution in [1.29, 1.82) is 0 Å². The van der Waals surface area contributed by atoms with Crippen LogP contribution in [0.3, 0.4) is 0 Å². The fourth-order valence-corrected chi connectivity index (χ4v) is 3.03. The lowest BCUT2D eigenvalue weighted by Gasteiger charge is -2.24. The van der Waals surface area contributed by atoms with Crippen LogP contribution < -0.4 is 0 Å². The molecule has 1 fully saturated rings. The Morgan fingerprint density at radius 2 is 1.77 bits per heavy atom. The molecule has 170 valence electrons. The highest BCUT2D eigenvalue weighted by molar-refractivity contribution is 5.99. The van der Waals surface area contributed by atoms with Crippen molar-refractivity contribution in [2.45, 2.75) is 58.8 Å². The average Bonchev–Trinajstić information content (AvgIpc) is 3.02. The van der Waals surface area contributed by atoms with E-state index in [0.29, 0.717) is 6.42 Å². The first kappa shape index (κ1) is 24.2. The summed E-state index contributed by atoms with van der Waals surface area (Å²) in [4.78, 5) is 51.9. The van der Waals surface area contributed by atoms with E-state index in [1.807, 2.05) is 6.07 Å². The molecule has 2 rings (SSSR count). The molecule has 1 aliphatic rings. The van der Waals surface area contributed by atoms with Crippen molar-refractivity contribution < 1.29 is 33.4 Å². The first-order valence-electron chi connectivity index (χ1n) is 10.3. The third-order valence-corrected chi connectivity index (χ3v) is 4.38. The van der Waals surface area contributed by atoms with Gasteiger partial charge in [0.1, 0.15) is 12.2 Å². The summed E-state index contributed by atoms with van der Waals surface area (Å²) in [5, 5.41) is 0. The third kappa shape index (κ3) is 7.27. The lowest BCUT2D eigenvalue weighted by molar-refractivity contribution is -0.159. The number of carbonyl (C=O) groups excluding carboxylic acids is 4. The fraction of sp³-hybridized carbons (Fsp3) is 0.545. The minimum atomic E-state index is -1.13. The van der Waals surface area contributed by atoms with Crippen LogP contribution in [0.4, 0.5) is 9.59 Å². The van der Waals surface area contributed by atoms with Gasteiger partial charge in [0.05, 0.1) is 13.2 Å². The van der Waals surface area contributed by atoms with Crippen molar-refractivity contribution in [3.8, 4) is 0 Å². The Balaban J connectivity index is 2.07. The van der Waals surface area contributed by atoms with Gasteiger partial charge in [0.15, 0.2) is 6.04 Å². The molecule has 0 radical (unpaired) electrons. The Kier molecular flexibility index (Phi) is 8.41. The number of esters is 2. The van der Waals surface area contributed by atoms with Crippen molar-refractivity contribution in [2.75, 3.05) is 19.7 Å². The van der Waals surface area contributed by atoms with Crippen LogP contribution in [0, 0.1) is 0 Å². The number of carbonyl (C=O) groups is 4. The number of hydrogen-bond donors (Lipinski definition) is 0. The van der Waals surface area contributed by atoms with E-state index >= 15 is 0 Å². The van der Waals surface area contributed by atoms with E-state index in [1.165, 1.54) is 4.90 Å². The summed E-state index contributed by atoms with van der Waals surface area (Å²) in [6.45, 7) is 7.24. The fourth-order valence-electron chi connectivity index (χ4n) is 3.03.